The summed E-state index contributed by atoms with van der Waals surface area (Å²) in [6.45, 7) is -0.527. The molecule has 10 heteroatoms. The summed E-state index contributed by atoms with van der Waals surface area (Å²) in [5.74, 6) is 0. The first-order valence-corrected chi connectivity index (χ1v) is 7.84. The molecular formula is C14H26O10. The largest absolute Gasteiger partial charge is 0.394 e. The van der Waals surface area contributed by atoms with Crippen LogP contribution in [0.5, 0.6) is 0 Å². The van der Waals surface area contributed by atoms with Crippen molar-refractivity contribution in [1.29, 1.82) is 0 Å². The molecule has 0 unspecified atom stereocenters. The molecule has 2 aliphatic rings. The van der Waals surface area contributed by atoms with E-state index in [4.69, 9.17) is 19.3 Å². The van der Waals surface area contributed by atoms with Gasteiger partial charge in [0.15, 0.2) is 6.29 Å². The third-order valence-corrected chi connectivity index (χ3v) is 4.63. The van der Waals surface area contributed by atoms with Gasteiger partial charge in [0.1, 0.15) is 42.7 Å². The average Bonchev–Trinajstić information content (AvgIpc) is 2.58. The Morgan fingerprint density at radius 3 is 1.62 bits per heavy atom. The zero-order valence-electron chi connectivity index (χ0n) is 13.3. The van der Waals surface area contributed by atoms with Gasteiger partial charge < -0.3 is 50.0 Å². The number of methoxy groups -OCH3 is 1. The lowest BCUT2D eigenvalue weighted by Gasteiger charge is -2.42. The smallest absolute Gasteiger partial charge is 0.186 e. The maximum atomic E-state index is 9.99. The molecule has 7 N–H and O–H groups in total. The van der Waals surface area contributed by atoms with E-state index >= 15 is 0 Å². The summed E-state index contributed by atoms with van der Waals surface area (Å²) in [5.41, 5.74) is 0. The molecule has 0 bridgehead atoms. The van der Waals surface area contributed by atoms with Crippen molar-refractivity contribution in [2.24, 2.45) is 0 Å². The van der Waals surface area contributed by atoms with Crippen LogP contribution >= 0.6 is 0 Å². The molecule has 2 heterocycles. The molecule has 0 aromatic heterocycles. The molecule has 24 heavy (non-hydrogen) atoms. The topological polar surface area (TPSA) is 169 Å². The van der Waals surface area contributed by atoms with Crippen LogP contribution in [0.2, 0.25) is 0 Å². The van der Waals surface area contributed by atoms with Crippen LogP contribution in [0.4, 0.5) is 0 Å². The maximum absolute atomic E-state index is 9.99. The number of hydrogen-bond donors (Lipinski definition) is 7. The van der Waals surface area contributed by atoms with Crippen molar-refractivity contribution >= 4 is 0 Å². The fraction of sp³-hybridized carbons (Fsp3) is 1.00. The Morgan fingerprint density at radius 1 is 0.667 bits per heavy atom. The van der Waals surface area contributed by atoms with Gasteiger partial charge in [-0.25, -0.2) is 0 Å². The summed E-state index contributed by atoms with van der Waals surface area (Å²) in [5, 5.41) is 68.1. The van der Waals surface area contributed by atoms with Gasteiger partial charge >= 0.3 is 0 Å². The Bertz CT molecular complexity index is 356. The first kappa shape index (κ1) is 19.9. The highest BCUT2D eigenvalue weighted by atomic mass is 16.7. The summed E-state index contributed by atoms with van der Waals surface area (Å²) in [7, 11) is 1.28. The fourth-order valence-electron chi connectivity index (χ4n) is 3.10. The van der Waals surface area contributed by atoms with Gasteiger partial charge in [0.2, 0.25) is 0 Å². The molecule has 10 nitrogen and oxygen atoms in total. The van der Waals surface area contributed by atoms with Gasteiger partial charge in [-0.2, -0.15) is 0 Å². The van der Waals surface area contributed by atoms with Crippen molar-refractivity contribution in [3.63, 3.8) is 0 Å². The van der Waals surface area contributed by atoms with Crippen LogP contribution < -0.4 is 0 Å². The lowest BCUT2D eigenvalue weighted by atomic mass is 9.90. The lowest BCUT2D eigenvalue weighted by Crippen LogP contribution is -2.60. The summed E-state index contributed by atoms with van der Waals surface area (Å²) < 4.78 is 15.6. The molecule has 2 fully saturated rings. The van der Waals surface area contributed by atoms with E-state index in [2.05, 4.69) is 0 Å². The van der Waals surface area contributed by atoms with Gasteiger partial charge in [0, 0.05) is 7.11 Å². The Hall–Kier alpha value is -0.400. The van der Waals surface area contributed by atoms with Gasteiger partial charge in [0.25, 0.3) is 0 Å². The van der Waals surface area contributed by atoms with Crippen LogP contribution in [0, 0.1) is 0 Å². The van der Waals surface area contributed by atoms with Crippen molar-refractivity contribution in [3.8, 4) is 0 Å². The molecule has 2 aliphatic heterocycles. The van der Waals surface area contributed by atoms with E-state index in [0.29, 0.717) is 0 Å². The molecule has 0 aromatic rings. The van der Waals surface area contributed by atoms with E-state index in [-0.39, 0.29) is 12.8 Å². The van der Waals surface area contributed by atoms with Crippen LogP contribution in [0.15, 0.2) is 0 Å². The SMILES string of the molecule is CO[C@H]1O[C@H](CC[C@@H]2O[C@H](CO)[C@@H](O)[C@H](O)[C@H]2O)[C@H](O)[C@H](O)[C@H]1O. The van der Waals surface area contributed by atoms with Gasteiger partial charge in [0.05, 0.1) is 18.8 Å². The minimum atomic E-state index is -1.47. The molecule has 2 saturated heterocycles. The Labute approximate surface area is 138 Å². The van der Waals surface area contributed by atoms with Crippen molar-refractivity contribution in [1.82, 2.24) is 0 Å². The highest BCUT2D eigenvalue weighted by molar-refractivity contribution is 4.94. The monoisotopic (exact) mass is 354 g/mol. The van der Waals surface area contributed by atoms with Crippen molar-refractivity contribution in [3.05, 3.63) is 0 Å². The minimum absolute atomic E-state index is 0.114. The average molecular weight is 354 g/mol. The summed E-state index contributed by atoms with van der Waals surface area (Å²) in [6.07, 6.45) is -12.2. The normalized spacial score (nSPS) is 50.0. The number of hydrogen-bond acceptors (Lipinski definition) is 10. The molecule has 0 spiro atoms. The molecule has 0 radical (unpaired) electrons. The van der Waals surface area contributed by atoms with Gasteiger partial charge in [-0.3, -0.25) is 0 Å². The van der Waals surface area contributed by atoms with Crippen LogP contribution in [0.25, 0.3) is 0 Å². The summed E-state index contributed by atoms with van der Waals surface area (Å²) in [6, 6.07) is 0. The number of ether oxygens (including phenoxy) is 3. The molecule has 0 saturated carbocycles. The van der Waals surface area contributed by atoms with Gasteiger partial charge in [-0.1, -0.05) is 0 Å². The lowest BCUT2D eigenvalue weighted by molar-refractivity contribution is -0.293. The highest BCUT2D eigenvalue weighted by Gasteiger charge is 2.46. The standard InChI is InChI=1S/C14H26O10/c1-22-14-13(21)12(20)9(17)6(24-14)3-2-5-8(16)11(19)10(18)7(4-15)23-5/h5-21H,2-4H2,1H3/t5-,6+,7+,8-,9-,10+,11+,12-,13+,14-/m0/s1. The van der Waals surface area contributed by atoms with E-state index in [1.807, 2.05) is 0 Å². The molecule has 2 rings (SSSR count). The van der Waals surface area contributed by atoms with E-state index in [0.717, 1.165) is 0 Å². The third-order valence-electron chi connectivity index (χ3n) is 4.63. The van der Waals surface area contributed by atoms with Gasteiger partial charge in [-0.05, 0) is 12.8 Å². The fourth-order valence-corrected chi connectivity index (χ4v) is 3.10. The second kappa shape index (κ2) is 8.32. The first-order valence-electron chi connectivity index (χ1n) is 7.84. The minimum Gasteiger partial charge on any atom is -0.394 e. The number of aliphatic hydroxyl groups excluding tert-OH is 7. The predicted molar refractivity (Wildman–Crippen MR) is 76.7 cm³/mol. The molecule has 0 aromatic carbocycles. The quantitative estimate of drug-likeness (QED) is 0.259. The van der Waals surface area contributed by atoms with E-state index in [9.17, 15) is 30.6 Å². The highest BCUT2D eigenvalue weighted by Crippen LogP contribution is 2.28. The zero-order chi connectivity index (χ0) is 18.0. The van der Waals surface area contributed by atoms with Gasteiger partial charge in [-0.15, -0.1) is 0 Å². The van der Waals surface area contributed by atoms with Crippen molar-refractivity contribution in [2.75, 3.05) is 13.7 Å². The number of aliphatic hydroxyl groups is 7. The summed E-state index contributed by atoms with van der Waals surface area (Å²) >= 11 is 0. The van der Waals surface area contributed by atoms with E-state index < -0.39 is 67.8 Å². The van der Waals surface area contributed by atoms with E-state index in [1.54, 1.807) is 0 Å². The van der Waals surface area contributed by atoms with Crippen LogP contribution in [-0.2, 0) is 14.2 Å². The maximum Gasteiger partial charge on any atom is 0.186 e. The second-order valence-electron chi connectivity index (χ2n) is 6.20. The molecule has 142 valence electrons. The van der Waals surface area contributed by atoms with Crippen molar-refractivity contribution in [2.45, 2.75) is 74.1 Å². The zero-order valence-corrected chi connectivity index (χ0v) is 13.3. The third kappa shape index (κ3) is 3.88. The predicted octanol–water partition coefficient (Wildman–Crippen LogP) is -3.94. The molecule has 0 aliphatic carbocycles. The molecule has 0 amide bonds. The Morgan fingerprint density at radius 2 is 1.12 bits per heavy atom. The number of rotatable bonds is 5. The van der Waals surface area contributed by atoms with Crippen molar-refractivity contribution < 1.29 is 50.0 Å². The van der Waals surface area contributed by atoms with E-state index in [1.165, 1.54) is 7.11 Å². The van der Waals surface area contributed by atoms with Crippen LogP contribution in [0.1, 0.15) is 12.8 Å². The Kier molecular flexibility index (Phi) is 6.90. The van der Waals surface area contributed by atoms with Crippen LogP contribution in [-0.4, -0.2) is 111 Å². The molecular weight excluding hydrogens is 328 g/mol. The molecule has 10 atom stereocenters. The second-order valence-corrected chi connectivity index (χ2v) is 6.20. The first-order chi connectivity index (χ1) is 11.3. The Balaban J connectivity index is 1.96. The van der Waals surface area contributed by atoms with Crippen LogP contribution in [0.3, 0.4) is 0 Å². The summed E-state index contributed by atoms with van der Waals surface area (Å²) in [4.78, 5) is 0.